The molecule has 184 valence electrons. The Hall–Kier alpha value is -4.52. The van der Waals surface area contributed by atoms with Crippen LogP contribution in [0.2, 0.25) is 0 Å². The summed E-state index contributed by atoms with van der Waals surface area (Å²) in [5.41, 5.74) is 6.30. The van der Waals surface area contributed by atoms with Crippen molar-refractivity contribution in [3.63, 3.8) is 0 Å². The van der Waals surface area contributed by atoms with E-state index in [0.717, 1.165) is 0 Å². The Labute approximate surface area is 208 Å². The maximum absolute atomic E-state index is 13.6. The number of benzene rings is 1. The molecule has 2 N–H and O–H groups in total. The number of hydrogen-bond acceptors (Lipinski definition) is 10. The Kier molecular flexibility index (Phi) is 5.98. The number of nitrogens with zero attached hydrogens (tertiary/aromatic N) is 6. The number of nitro groups is 1. The van der Waals surface area contributed by atoms with Gasteiger partial charge in [-0.1, -0.05) is 0 Å². The smallest absolute Gasteiger partial charge is 0.365 e. The number of anilines is 2. The molecule has 1 aliphatic rings. The summed E-state index contributed by atoms with van der Waals surface area (Å²) in [6.45, 7) is 1.58. The molecule has 0 spiro atoms. The van der Waals surface area contributed by atoms with Gasteiger partial charge < -0.3 is 30.4 Å². The highest BCUT2D eigenvalue weighted by molar-refractivity contribution is 7.15. The fourth-order valence-corrected chi connectivity index (χ4v) is 4.90. The zero-order valence-electron chi connectivity index (χ0n) is 19.2. The summed E-state index contributed by atoms with van der Waals surface area (Å²) in [6.07, 6.45) is 0. The van der Waals surface area contributed by atoms with Gasteiger partial charge in [-0.25, -0.2) is 0 Å². The normalized spacial score (nSPS) is 13.7. The van der Waals surface area contributed by atoms with Crippen molar-refractivity contribution in [2.75, 3.05) is 43.9 Å². The summed E-state index contributed by atoms with van der Waals surface area (Å²) in [5, 5.41) is 18.2. The van der Waals surface area contributed by atoms with Gasteiger partial charge in [0.25, 0.3) is 11.5 Å². The standard InChI is InChI=1S/C23H21N7O5S/c1-35-15-7-5-14(6-8-15)29-22(31)19-16(13-36-21(19)24)20(26-29)23(32)28-11-9-27(10-12-28)17-3-2-4-18(25-17)30(33)34/h2-8,13H,9-12,24H2,1H3. The van der Waals surface area contributed by atoms with Crippen LogP contribution in [0.4, 0.5) is 16.6 Å². The summed E-state index contributed by atoms with van der Waals surface area (Å²) in [7, 11) is 1.54. The predicted molar refractivity (Wildman–Crippen MR) is 135 cm³/mol. The number of amides is 1. The van der Waals surface area contributed by atoms with Crippen LogP contribution in [-0.4, -0.2) is 63.8 Å². The second-order valence-electron chi connectivity index (χ2n) is 8.04. The van der Waals surface area contributed by atoms with Gasteiger partial charge in [0.05, 0.1) is 23.2 Å². The summed E-state index contributed by atoms with van der Waals surface area (Å²) < 4.78 is 6.37. The molecule has 0 aliphatic carbocycles. The van der Waals surface area contributed by atoms with E-state index in [2.05, 4.69) is 10.1 Å². The number of carbonyl (C=O) groups is 1. The molecular weight excluding hydrogens is 486 g/mol. The minimum atomic E-state index is -0.537. The first-order chi connectivity index (χ1) is 17.4. The number of fused-ring (bicyclic) bond motifs is 1. The molecule has 1 aromatic carbocycles. The van der Waals surface area contributed by atoms with Gasteiger partial charge in [0.15, 0.2) is 5.69 Å². The third-order valence-electron chi connectivity index (χ3n) is 6.00. The lowest BCUT2D eigenvalue weighted by Gasteiger charge is -2.34. The Morgan fingerprint density at radius 1 is 1.14 bits per heavy atom. The van der Waals surface area contributed by atoms with Crippen molar-refractivity contribution in [3.05, 3.63) is 74.0 Å². The Morgan fingerprint density at radius 2 is 1.86 bits per heavy atom. The largest absolute Gasteiger partial charge is 0.497 e. The van der Waals surface area contributed by atoms with Crippen LogP contribution in [0.1, 0.15) is 10.5 Å². The first kappa shape index (κ1) is 23.2. The van der Waals surface area contributed by atoms with Crippen LogP contribution in [-0.2, 0) is 0 Å². The van der Waals surface area contributed by atoms with Crippen molar-refractivity contribution in [3.8, 4) is 11.4 Å². The summed E-state index contributed by atoms with van der Waals surface area (Å²) in [5.74, 6) is 0.547. The van der Waals surface area contributed by atoms with Crippen molar-refractivity contribution in [2.45, 2.75) is 0 Å². The van der Waals surface area contributed by atoms with Crippen LogP contribution < -0.4 is 20.9 Å². The highest BCUT2D eigenvalue weighted by Gasteiger charge is 2.29. The molecule has 4 aromatic rings. The van der Waals surface area contributed by atoms with Gasteiger partial charge in [0.1, 0.15) is 5.75 Å². The second kappa shape index (κ2) is 9.26. The van der Waals surface area contributed by atoms with Crippen LogP contribution in [0.25, 0.3) is 16.5 Å². The average Bonchev–Trinajstić information content (AvgIpc) is 3.31. The highest BCUT2D eigenvalue weighted by atomic mass is 32.1. The van der Waals surface area contributed by atoms with E-state index in [9.17, 15) is 19.7 Å². The lowest BCUT2D eigenvalue weighted by molar-refractivity contribution is -0.389. The number of thiophene rings is 1. The fourth-order valence-electron chi connectivity index (χ4n) is 4.11. The minimum Gasteiger partial charge on any atom is -0.497 e. The van der Waals surface area contributed by atoms with Crippen molar-refractivity contribution >= 4 is 44.7 Å². The average molecular weight is 508 g/mol. The molecule has 36 heavy (non-hydrogen) atoms. The van der Waals surface area contributed by atoms with Crippen LogP contribution in [0, 0.1) is 10.1 Å². The van der Waals surface area contributed by atoms with Gasteiger partial charge in [0, 0.05) is 49.1 Å². The van der Waals surface area contributed by atoms with E-state index in [1.54, 1.807) is 53.8 Å². The van der Waals surface area contributed by atoms with Crippen molar-refractivity contribution < 1.29 is 14.5 Å². The maximum atomic E-state index is 13.6. The molecule has 1 fully saturated rings. The molecule has 0 bridgehead atoms. The zero-order chi connectivity index (χ0) is 25.4. The SMILES string of the molecule is COc1ccc(-n2nc(C(=O)N3CCN(c4cccc([N+](=O)[O-])n4)CC3)c3csc(N)c3c2=O)cc1. The van der Waals surface area contributed by atoms with Crippen molar-refractivity contribution in [1.82, 2.24) is 19.7 Å². The summed E-state index contributed by atoms with van der Waals surface area (Å²) in [4.78, 5) is 44.9. The topological polar surface area (TPSA) is 150 Å². The molecule has 0 saturated carbocycles. The molecule has 0 radical (unpaired) electrons. The number of piperazine rings is 1. The Morgan fingerprint density at radius 3 is 2.53 bits per heavy atom. The third kappa shape index (κ3) is 4.09. The van der Waals surface area contributed by atoms with Gasteiger partial charge in [-0.15, -0.1) is 11.3 Å². The number of methoxy groups -OCH3 is 1. The van der Waals surface area contributed by atoms with E-state index in [-0.39, 0.29) is 22.8 Å². The number of rotatable bonds is 5. The van der Waals surface area contributed by atoms with Crippen LogP contribution in [0.3, 0.4) is 0 Å². The number of ether oxygens (including phenoxy) is 1. The lowest BCUT2D eigenvalue weighted by atomic mass is 10.2. The Balaban J connectivity index is 1.45. The zero-order valence-corrected chi connectivity index (χ0v) is 20.0. The number of pyridine rings is 1. The quantitative estimate of drug-likeness (QED) is 0.317. The van der Waals surface area contributed by atoms with Gasteiger partial charge in [-0.2, -0.15) is 9.78 Å². The molecule has 1 aliphatic heterocycles. The first-order valence-corrected chi connectivity index (χ1v) is 11.9. The van der Waals surface area contributed by atoms with Crippen molar-refractivity contribution in [2.24, 2.45) is 0 Å². The monoisotopic (exact) mass is 507 g/mol. The van der Waals surface area contributed by atoms with E-state index in [4.69, 9.17) is 10.5 Å². The minimum absolute atomic E-state index is 0.135. The number of carbonyl (C=O) groups excluding carboxylic acids is 1. The molecule has 3 aromatic heterocycles. The highest BCUT2D eigenvalue weighted by Crippen LogP contribution is 2.29. The predicted octanol–water partition coefficient (Wildman–Crippen LogP) is 2.30. The molecule has 13 heteroatoms. The Bertz CT molecular complexity index is 1520. The third-order valence-corrected chi connectivity index (χ3v) is 6.81. The molecule has 1 saturated heterocycles. The van der Waals surface area contributed by atoms with E-state index in [0.29, 0.717) is 53.8 Å². The molecule has 1 amide bonds. The van der Waals surface area contributed by atoms with E-state index in [1.807, 2.05) is 4.90 Å². The summed E-state index contributed by atoms with van der Waals surface area (Å²) in [6, 6.07) is 11.4. The number of nitrogen functional groups attached to an aromatic ring is 1. The second-order valence-corrected chi connectivity index (χ2v) is 8.95. The van der Waals surface area contributed by atoms with Gasteiger partial charge >= 0.3 is 5.82 Å². The molecular formula is C23H21N7O5S. The van der Waals surface area contributed by atoms with Gasteiger partial charge in [0.2, 0.25) is 5.82 Å². The maximum Gasteiger partial charge on any atom is 0.365 e. The molecule has 5 rings (SSSR count). The fraction of sp³-hybridized carbons (Fsp3) is 0.217. The van der Waals surface area contributed by atoms with Gasteiger partial charge in [-0.05, 0) is 40.2 Å². The first-order valence-electron chi connectivity index (χ1n) is 11.0. The van der Waals surface area contributed by atoms with Crippen molar-refractivity contribution in [1.29, 1.82) is 0 Å². The van der Waals surface area contributed by atoms with Crippen LogP contribution in [0.5, 0.6) is 5.75 Å². The lowest BCUT2D eigenvalue weighted by Crippen LogP contribution is -2.49. The van der Waals surface area contributed by atoms with E-state index < -0.39 is 10.5 Å². The molecule has 4 heterocycles. The van der Waals surface area contributed by atoms with E-state index in [1.165, 1.54) is 22.1 Å². The molecule has 0 atom stereocenters. The number of hydrogen-bond donors (Lipinski definition) is 1. The van der Waals surface area contributed by atoms with Crippen LogP contribution in [0.15, 0.2) is 52.6 Å². The molecule has 0 unspecified atom stereocenters. The number of nitrogens with two attached hydrogens (primary N) is 1. The van der Waals surface area contributed by atoms with Gasteiger partial charge in [-0.3, -0.25) is 9.59 Å². The van der Waals surface area contributed by atoms with E-state index >= 15 is 0 Å². The molecule has 12 nitrogen and oxygen atoms in total. The summed E-state index contributed by atoms with van der Waals surface area (Å²) >= 11 is 1.18. The number of aromatic nitrogens is 3. The van der Waals surface area contributed by atoms with Crippen LogP contribution >= 0.6 is 11.3 Å².